The van der Waals surface area contributed by atoms with Gasteiger partial charge in [-0.1, -0.05) is 0 Å². The van der Waals surface area contributed by atoms with E-state index >= 15 is 0 Å². The Hall–Kier alpha value is -0.160. The molecule has 0 aliphatic carbocycles. The maximum absolute atomic E-state index is 9.04. The highest BCUT2D eigenvalue weighted by Gasteiger charge is 1.41. The van der Waals surface area contributed by atoms with E-state index in [1.165, 1.54) is 0 Å². The minimum Gasteiger partial charge on any atom is -0.217 e. The van der Waals surface area contributed by atoms with Crippen molar-refractivity contribution in [2.45, 2.75) is 0 Å². The standard InChI is InChI=1S/HO3S2/c1-4-5(2)3/h4H. The van der Waals surface area contributed by atoms with Crippen LogP contribution in [-0.2, 0) is 19.5 Å². The Morgan fingerprint density at radius 1 is 1.40 bits per heavy atom. The highest BCUT2D eigenvalue weighted by Crippen LogP contribution is 1.21. The molecule has 0 spiro atoms. The quantitative estimate of drug-likeness (QED) is 0.398. The third-order valence-electron chi connectivity index (χ3n) is 0.0609. The highest BCUT2D eigenvalue weighted by atomic mass is 32.8. The van der Waals surface area contributed by atoms with Crippen LogP contribution < -0.4 is 0 Å². The summed E-state index contributed by atoms with van der Waals surface area (Å²) < 4.78 is 27.1. The summed E-state index contributed by atoms with van der Waals surface area (Å²) in [4.78, 5) is 0. The van der Waals surface area contributed by atoms with Crippen molar-refractivity contribution in [2.75, 3.05) is 0 Å². The molecule has 0 aliphatic heterocycles. The number of rotatable bonds is 0. The SMILES string of the molecule is O=[SH]=S(=O)=O. The van der Waals surface area contributed by atoms with Crippen molar-refractivity contribution < 1.29 is 12.6 Å². The van der Waals surface area contributed by atoms with Crippen molar-refractivity contribution in [3.05, 3.63) is 0 Å². The summed E-state index contributed by atoms with van der Waals surface area (Å²) in [5.41, 5.74) is 0. The Morgan fingerprint density at radius 3 is 1.60 bits per heavy atom. The molecule has 0 aromatic heterocycles. The van der Waals surface area contributed by atoms with E-state index in [9.17, 15) is 0 Å². The summed E-state index contributed by atoms with van der Waals surface area (Å²) in [5, 5.41) is 0. The molecule has 0 heterocycles. The van der Waals surface area contributed by atoms with E-state index in [4.69, 9.17) is 12.6 Å². The molecule has 0 unspecified atom stereocenters. The van der Waals surface area contributed by atoms with Gasteiger partial charge in [-0.2, -0.15) is 8.42 Å². The molecule has 0 atom stereocenters. The Balaban J connectivity index is 5.08. The lowest BCUT2D eigenvalue weighted by Gasteiger charge is -1.24. The summed E-state index contributed by atoms with van der Waals surface area (Å²) in [6.45, 7) is 0. The van der Waals surface area contributed by atoms with E-state index in [2.05, 4.69) is 0 Å². The first-order valence-electron chi connectivity index (χ1n) is 0.698. The van der Waals surface area contributed by atoms with Gasteiger partial charge in [-0.05, 0) is 0 Å². The average Bonchev–Trinajstić information content (AvgIpc) is 1.38. The van der Waals surface area contributed by atoms with Crippen molar-refractivity contribution in [1.29, 1.82) is 0 Å². The fraction of sp³-hybridized carbons (Fsp3) is 0. The highest BCUT2D eigenvalue weighted by molar-refractivity contribution is 8.17. The van der Waals surface area contributed by atoms with Crippen molar-refractivity contribution >= 4 is 19.5 Å². The predicted molar refractivity (Wildman–Crippen MR) is 18.5 cm³/mol. The molecule has 5 heteroatoms. The maximum Gasteiger partial charge on any atom is 0.291 e. The summed E-state index contributed by atoms with van der Waals surface area (Å²) in [6, 6.07) is 0. The van der Waals surface area contributed by atoms with Gasteiger partial charge in [-0.25, -0.2) is 4.21 Å². The molecule has 0 amide bonds. The smallest absolute Gasteiger partial charge is 0.217 e. The first kappa shape index (κ1) is 4.84. The molecule has 0 bridgehead atoms. The summed E-state index contributed by atoms with van der Waals surface area (Å²) >= 11 is 0. The van der Waals surface area contributed by atoms with Gasteiger partial charge in [-0.3, -0.25) is 0 Å². The van der Waals surface area contributed by atoms with Crippen LogP contribution in [0.25, 0.3) is 0 Å². The van der Waals surface area contributed by atoms with Gasteiger partial charge >= 0.3 is 0 Å². The number of thiol groups is 1. The zero-order valence-electron chi connectivity index (χ0n) is 2.08. The van der Waals surface area contributed by atoms with Crippen LogP contribution in [0.5, 0.6) is 0 Å². The van der Waals surface area contributed by atoms with E-state index < -0.39 is 19.5 Å². The van der Waals surface area contributed by atoms with Crippen LogP contribution >= 0.6 is 0 Å². The van der Waals surface area contributed by atoms with Crippen LogP contribution in [0.4, 0.5) is 0 Å². The van der Waals surface area contributed by atoms with Crippen LogP contribution in [0.3, 0.4) is 0 Å². The van der Waals surface area contributed by atoms with E-state index in [0.717, 1.165) is 0 Å². The molecule has 1 radical (unpaired) electrons. The Labute approximate surface area is 32.9 Å². The van der Waals surface area contributed by atoms with Crippen molar-refractivity contribution in [3.63, 3.8) is 0 Å². The van der Waals surface area contributed by atoms with Crippen molar-refractivity contribution in [3.8, 4) is 0 Å². The molecule has 0 N–H and O–H groups in total. The lowest BCUT2D eigenvalue weighted by atomic mass is 15.9. The van der Waals surface area contributed by atoms with E-state index in [0.29, 0.717) is 0 Å². The Bertz CT molecular complexity index is 136. The molecule has 0 saturated carbocycles. The van der Waals surface area contributed by atoms with Gasteiger partial charge in [0, 0.05) is 0 Å². The molecule has 31 valence electrons. The van der Waals surface area contributed by atoms with Crippen molar-refractivity contribution in [1.82, 2.24) is 0 Å². The largest absolute Gasteiger partial charge is 0.291 e. The van der Waals surface area contributed by atoms with E-state index in [1.54, 1.807) is 0 Å². The molecule has 0 fully saturated rings. The van der Waals surface area contributed by atoms with Crippen molar-refractivity contribution in [2.24, 2.45) is 0 Å². The lowest BCUT2D eigenvalue weighted by molar-refractivity contribution is 0.626. The van der Waals surface area contributed by atoms with E-state index in [1.807, 2.05) is 0 Å². The maximum atomic E-state index is 9.04. The second kappa shape index (κ2) is 2.10. The molecular weight excluding hydrogens is 112 g/mol. The Kier molecular flexibility index (Phi) is 2.03. The summed E-state index contributed by atoms with van der Waals surface area (Å²) in [6.07, 6.45) is 0. The van der Waals surface area contributed by atoms with Crippen LogP contribution in [0.2, 0.25) is 0 Å². The van der Waals surface area contributed by atoms with Gasteiger partial charge in [-0.15, -0.1) is 0 Å². The first-order valence-corrected chi connectivity index (χ1v) is 3.19. The average molecular weight is 113 g/mol. The normalized spacial score (nSPS) is 6.40. The molecule has 0 saturated heterocycles. The van der Waals surface area contributed by atoms with E-state index in [-0.39, 0.29) is 0 Å². The third-order valence-corrected chi connectivity index (χ3v) is 0.548. The zero-order chi connectivity index (χ0) is 4.28. The van der Waals surface area contributed by atoms with Crippen LogP contribution in [0.15, 0.2) is 0 Å². The number of hydrogen-bond acceptors (Lipinski definition) is 3. The fourth-order valence-electron chi connectivity index (χ4n) is 0. The van der Waals surface area contributed by atoms with Gasteiger partial charge in [0.2, 0.25) is 0 Å². The lowest BCUT2D eigenvalue weighted by Crippen LogP contribution is -1.43. The fourth-order valence-corrected chi connectivity index (χ4v) is 0. The molecule has 0 aromatic carbocycles. The Morgan fingerprint density at radius 2 is 1.60 bits per heavy atom. The molecule has 0 aliphatic rings. The minimum absolute atomic E-state index is 0.836. The molecule has 3 nitrogen and oxygen atoms in total. The van der Waals surface area contributed by atoms with Gasteiger partial charge in [0.25, 0.3) is 9.26 Å². The summed E-state index contributed by atoms with van der Waals surface area (Å²) in [7, 11) is -3.24. The molecule has 5 heavy (non-hydrogen) atoms. The molecule has 0 rings (SSSR count). The summed E-state index contributed by atoms with van der Waals surface area (Å²) in [5.74, 6) is 0. The minimum atomic E-state index is -2.41. The van der Waals surface area contributed by atoms with Gasteiger partial charge in [0.05, 0.1) is 10.2 Å². The third kappa shape index (κ3) is 3.84. The van der Waals surface area contributed by atoms with Crippen LogP contribution in [0.1, 0.15) is 0 Å². The monoisotopic (exact) mass is 113 g/mol. The topological polar surface area (TPSA) is 51.2 Å². The first-order chi connectivity index (χ1) is 2.27. The zero-order valence-corrected chi connectivity index (χ0v) is 3.79. The van der Waals surface area contributed by atoms with Gasteiger partial charge in [0.15, 0.2) is 0 Å². The second-order valence-electron chi connectivity index (χ2n) is 0.292. The second-order valence-corrected chi connectivity index (χ2v) is 2.22. The van der Waals surface area contributed by atoms with Gasteiger partial charge in [0.1, 0.15) is 0 Å². The van der Waals surface area contributed by atoms with Crippen LogP contribution in [0, 0.1) is 0 Å². The van der Waals surface area contributed by atoms with Gasteiger partial charge < -0.3 is 0 Å². The number of hydrogen-bond donors (Lipinski definition) is 1. The van der Waals surface area contributed by atoms with Crippen LogP contribution in [-0.4, -0.2) is 12.6 Å². The predicted octanol–water partition coefficient (Wildman–Crippen LogP) is -1.27. The molecule has 0 aromatic rings. The molecular formula is HO3S2.